The van der Waals surface area contributed by atoms with Crippen LogP contribution in [0, 0.1) is 0 Å². The molecule has 0 amide bonds. The van der Waals surface area contributed by atoms with Crippen LogP contribution in [0.3, 0.4) is 0 Å². The smallest absolute Gasteiger partial charge is 0.364 e. The number of aliphatic hydroxyl groups is 3. The van der Waals surface area contributed by atoms with Crippen molar-refractivity contribution in [3.8, 4) is 5.75 Å². The van der Waals surface area contributed by atoms with Gasteiger partial charge in [0.25, 0.3) is 5.79 Å². The first-order chi connectivity index (χ1) is 15.0. The first-order valence-electron chi connectivity index (χ1n) is 9.72. The SMILES string of the molecule is CC(=O)Oc1ccccc1COC1(C(=O)O)C[C@H](OC(C)=O)[C@@H](N)[C@H](C(O)C(O)CO)O1. The molecule has 2 rings (SSSR count). The Bertz CT molecular complexity index is 832. The Morgan fingerprint density at radius 2 is 1.88 bits per heavy atom. The Kier molecular flexibility index (Phi) is 8.66. The Balaban J connectivity index is 2.37. The minimum absolute atomic E-state index is 0.136. The van der Waals surface area contributed by atoms with Crippen LogP contribution in [0.15, 0.2) is 24.3 Å². The third-order valence-corrected chi connectivity index (χ3v) is 4.85. The number of hydrogen-bond donors (Lipinski definition) is 5. The van der Waals surface area contributed by atoms with Gasteiger partial charge >= 0.3 is 17.9 Å². The Hall–Kier alpha value is -2.61. The van der Waals surface area contributed by atoms with E-state index in [1.54, 1.807) is 12.1 Å². The summed E-state index contributed by atoms with van der Waals surface area (Å²) in [7, 11) is 0. The van der Waals surface area contributed by atoms with Gasteiger partial charge < -0.3 is 45.1 Å². The van der Waals surface area contributed by atoms with E-state index in [9.17, 15) is 29.7 Å². The quantitative estimate of drug-likeness (QED) is 0.217. The molecule has 0 radical (unpaired) electrons. The van der Waals surface area contributed by atoms with Crippen molar-refractivity contribution in [2.45, 2.75) is 63.1 Å². The number of esters is 2. The second kappa shape index (κ2) is 10.8. The molecule has 3 unspecified atom stereocenters. The van der Waals surface area contributed by atoms with Crippen LogP contribution in [0.5, 0.6) is 5.75 Å². The molecule has 1 aliphatic rings. The predicted octanol–water partition coefficient (Wildman–Crippen LogP) is -1.33. The monoisotopic (exact) mass is 457 g/mol. The van der Waals surface area contributed by atoms with Gasteiger partial charge in [-0.15, -0.1) is 0 Å². The average Bonchev–Trinajstić information content (AvgIpc) is 2.73. The summed E-state index contributed by atoms with van der Waals surface area (Å²) in [6.07, 6.45) is -6.89. The summed E-state index contributed by atoms with van der Waals surface area (Å²) in [4.78, 5) is 35.0. The van der Waals surface area contributed by atoms with Gasteiger partial charge in [-0.05, 0) is 6.07 Å². The summed E-state index contributed by atoms with van der Waals surface area (Å²) < 4.78 is 21.3. The third-order valence-electron chi connectivity index (χ3n) is 4.85. The van der Waals surface area contributed by atoms with Crippen molar-refractivity contribution in [1.29, 1.82) is 0 Å². The maximum atomic E-state index is 12.2. The fourth-order valence-corrected chi connectivity index (χ4v) is 3.28. The predicted molar refractivity (Wildman–Crippen MR) is 105 cm³/mol. The number of ether oxygens (including phenoxy) is 4. The first kappa shape index (κ1) is 25.6. The van der Waals surface area contributed by atoms with Crippen LogP contribution in [0.4, 0.5) is 0 Å². The lowest BCUT2D eigenvalue weighted by Crippen LogP contribution is -2.67. The minimum atomic E-state index is -2.44. The topological polar surface area (TPSA) is 195 Å². The summed E-state index contributed by atoms with van der Waals surface area (Å²) in [6.45, 7) is 1.03. The van der Waals surface area contributed by atoms with E-state index in [4.69, 9.17) is 29.8 Å². The number of carbonyl (C=O) groups excluding carboxylic acids is 2. The van der Waals surface area contributed by atoms with Crippen LogP contribution in [0.2, 0.25) is 0 Å². The van der Waals surface area contributed by atoms with Gasteiger partial charge in [0.05, 0.1) is 25.7 Å². The third kappa shape index (κ3) is 6.00. The number of nitrogens with two attached hydrogens (primary N) is 1. The lowest BCUT2D eigenvalue weighted by molar-refractivity contribution is -0.313. The molecule has 12 nitrogen and oxygen atoms in total. The van der Waals surface area contributed by atoms with Crippen LogP contribution < -0.4 is 10.5 Å². The van der Waals surface area contributed by atoms with Gasteiger partial charge in [-0.25, -0.2) is 4.79 Å². The van der Waals surface area contributed by atoms with Gasteiger partial charge in [0.15, 0.2) is 0 Å². The van der Waals surface area contributed by atoms with Gasteiger partial charge in [-0.3, -0.25) is 9.59 Å². The van der Waals surface area contributed by atoms with Crippen LogP contribution in [0.1, 0.15) is 25.8 Å². The number of aliphatic hydroxyl groups excluding tert-OH is 3. The van der Waals surface area contributed by atoms with E-state index in [2.05, 4.69) is 0 Å². The maximum absolute atomic E-state index is 12.2. The highest BCUT2D eigenvalue weighted by molar-refractivity contribution is 5.76. The van der Waals surface area contributed by atoms with Gasteiger partial charge in [-0.2, -0.15) is 0 Å². The number of carboxylic acid groups (broad SMARTS) is 1. The Labute approximate surface area is 183 Å². The Morgan fingerprint density at radius 1 is 1.22 bits per heavy atom. The molecule has 6 N–H and O–H groups in total. The fourth-order valence-electron chi connectivity index (χ4n) is 3.28. The molecule has 1 aliphatic heterocycles. The highest BCUT2D eigenvalue weighted by Crippen LogP contribution is 2.35. The van der Waals surface area contributed by atoms with Crippen molar-refractivity contribution < 1.29 is 53.8 Å². The van der Waals surface area contributed by atoms with E-state index in [0.717, 1.165) is 6.92 Å². The molecule has 6 atom stereocenters. The molecule has 1 aromatic rings. The molecular formula is C20H27NO11. The zero-order chi connectivity index (χ0) is 24.1. The highest BCUT2D eigenvalue weighted by atomic mass is 16.7. The van der Waals surface area contributed by atoms with E-state index in [0.29, 0.717) is 5.56 Å². The zero-order valence-corrected chi connectivity index (χ0v) is 17.5. The van der Waals surface area contributed by atoms with Crippen LogP contribution >= 0.6 is 0 Å². The number of benzene rings is 1. The minimum Gasteiger partial charge on any atom is -0.477 e. The molecule has 32 heavy (non-hydrogen) atoms. The first-order valence-corrected chi connectivity index (χ1v) is 9.72. The lowest BCUT2D eigenvalue weighted by atomic mass is 9.89. The number of aliphatic carboxylic acids is 1. The maximum Gasteiger partial charge on any atom is 0.364 e. The molecule has 1 heterocycles. The van der Waals surface area contributed by atoms with E-state index < -0.39 is 73.8 Å². The number of carbonyl (C=O) groups is 3. The number of carboxylic acids is 1. The van der Waals surface area contributed by atoms with Crippen molar-refractivity contribution in [2.75, 3.05) is 6.61 Å². The van der Waals surface area contributed by atoms with E-state index in [-0.39, 0.29) is 5.75 Å². The van der Waals surface area contributed by atoms with Crippen LogP contribution in [-0.4, -0.2) is 81.2 Å². The van der Waals surface area contributed by atoms with Crippen molar-refractivity contribution in [3.63, 3.8) is 0 Å². The van der Waals surface area contributed by atoms with Crippen LogP contribution in [-0.2, 0) is 35.2 Å². The number of rotatable bonds is 9. The summed E-state index contributed by atoms with van der Waals surface area (Å²) in [5.41, 5.74) is 6.33. The van der Waals surface area contributed by atoms with E-state index in [1.807, 2.05) is 0 Å². The molecule has 1 fully saturated rings. The molecule has 12 heteroatoms. The summed E-state index contributed by atoms with van der Waals surface area (Å²) in [6, 6.07) is 5.00. The number of hydrogen-bond acceptors (Lipinski definition) is 11. The second-order valence-corrected chi connectivity index (χ2v) is 7.30. The highest BCUT2D eigenvalue weighted by Gasteiger charge is 2.56. The van der Waals surface area contributed by atoms with E-state index >= 15 is 0 Å². The molecule has 178 valence electrons. The lowest BCUT2D eigenvalue weighted by Gasteiger charge is -2.46. The van der Waals surface area contributed by atoms with Crippen LogP contribution in [0.25, 0.3) is 0 Å². The van der Waals surface area contributed by atoms with E-state index in [1.165, 1.54) is 19.1 Å². The molecule has 1 aromatic carbocycles. The van der Waals surface area contributed by atoms with Crippen molar-refractivity contribution in [2.24, 2.45) is 5.73 Å². The standard InChI is InChI=1S/C20H27NO11/c1-10(23)30-14-6-4-3-5-12(14)9-29-20(19(27)28)7-15(31-11(2)24)16(21)18(32-20)17(26)13(25)8-22/h3-6,13,15-18,22,25-26H,7-9,21H2,1-2H3,(H,27,28)/t13?,15-,16+,17?,18+,20?/m0/s1. The average molecular weight is 457 g/mol. The Morgan fingerprint density at radius 3 is 2.44 bits per heavy atom. The van der Waals surface area contributed by atoms with Crippen molar-refractivity contribution in [1.82, 2.24) is 0 Å². The molecule has 0 saturated carbocycles. The normalized spacial score (nSPS) is 27.2. The van der Waals surface area contributed by atoms with Gasteiger partial charge in [0.1, 0.15) is 30.2 Å². The fraction of sp³-hybridized carbons (Fsp3) is 0.550. The molecule has 0 bridgehead atoms. The zero-order valence-electron chi connectivity index (χ0n) is 17.5. The van der Waals surface area contributed by atoms with Gasteiger partial charge in [0, 0.05) is 19.4 Å². The second-order valence-electron chi connectivity index (χ2n) is 7.30. The van der Waals surface area contributed by atoms with Crippen molar-refractivity contribution in [3.05, 3.63) is 29.8 Å². The summed E-state index contributed by atoms with van der Waals surface area (Å²) >= 11 is 0. The largest absolute Gasteiger partial charge is 0.477 e. The summed E-state index contributed by atoms with van der Waals surface area (Å²) in [5, 5.41) is 39.2. The number of para-hydroxylation sites is 1. The molecule has 0 spiro atoms. The van der Waals surface area contributed by atoms with Crippen molar-refractivity contribution >= 4 is 17.9 Å². The molecule has 1 saturated heterocycles. The molecule has 0 aromatic heterocycles. The summed E-state index contributed by atoms with van der Waals surface area (Å²) in [5.74, 6) is -5.27. The molecule has 0 aliphatic carbocycles. The molecular weight excluding hydrogens is 430 g/mol. The van der Waals surface area contributed by atoms with Gasteiger partial charge in [-0.1, -0.05) is 18.2 Å². The van der Waals surface area contributed by atoms with Gasteiger partial charge in [0.2, 0.25) is 0 Å².